The van der Waals surface area contributed by atoms with Gasteiger partial charge < -0.3 is 9.47 Å². The van der Waals surface area contributed by atoms with Crippen molar-refractivity contribution in [3.05, 3.63) is 84.6 Å². The maximum atomic E-state index is 5.74. The maximum absolute atomic E-state index is 5.74. The van der Waals surface area contributed by atoms with Gasteiger partial charge >= 0.3 is 0 Å². The topological polar surface area (TPSA) is 31.4 Å². The van der Waals surface area contributed by atoms with Crippen LogP contribution in [0.1, 0.15) is 18.1 Å². The quantitative estimate of drug-likeness (QED) is 0.583. The molecule has 0 aliphatic carbocycles. The molecule has 0 saturated heterocycles. The largest absolute Gasteiger partial charge is 0.494 e. The normalized spacial score (nSPS) is 10.3. The Morgan fingerprint density at radius 1 is 0.960 bits per heavy atom. The Labute approximate surface area is 148 Å². The summed E-state index contributed by atoms with van der Waals surface area (Å²) in [5.41, 5.74) is 4.19. The standard InChI is InChI=1S/C22H21NO2/c1-3-17-12-20(14-21(13-17)24-4-2)19-10-11-22(23-15-19)25-16-18-8-6-5-7-9-18/h3,5-15H,1,4,16H2,2H3. The van der Waals surface area contributed by atoms with E-state index in [9.17, 15) is 0 Å². The average molecular weight is 331 g/mol. The molecule has 0 bridgehead atoms. The van der Waals surface area contributed by atoms with Crippen molar-refractivity contribution < 1.29 is 9.47 Å². The Bertz CT molecular complexity index is 826. The van der Waals surface area contributed by atoms with Crippen LogP contribution in [-0.2, 0) is 6.61 Å². The van der Waals surface area contributed by atoms with Gasteiger partial charge in [-0.15, -0.1) is 0 Å². The van der Waals surface area contributed by atoms with Crippen LogP contribution in [0, 0.1) is 0 Å². The van der Waals surface area contributed by atoms with E-state index >= 15 is 0 Å². The molecule has 3 rings (SSSR count). The minimum Gasteiger partial charge on any atom is -0.494 e. The molecule has 0 amide bonds. The number of pyridine rings is 1. The average Bonchev–Trinajstić information content (AvgIpc) is 2.67. The van der Waals surface area contributed by atoms with Gasteiger partial charge in [0.2, 0.25) is 5.88 Å². The molecule has 0 saturated carbocycles. The zero-order chi connectivity index (χ0) is 17.5. The van der Waals surface area contributed by atoms with E-state index in [0.717, 1.165) is 28.0 Å². The first-order valence-electron chi connectivity index (χ1n) is 8.32. The molecule has 0 aliphatic rings. The Morgan fingerprint density at radius 3 is 2.48 bits per heavy atom. The summed E-state index contributed by atoms with van der Waals surface area (Å²) in [7, 11) is 0. The highest BCUT2D eigenvalue weighted by atomic mass is 16.5. The van der Waals surface area contributed by atoms with E-state index in [-0.39, 0.29) is 0 Å². The lowest BCUT2D eigenvalue weighted by Gasteiger charge is -2.10. The van der Waals surface area contributed by atoms with E-state index in [1.807, 2.05) is 73.8 Å². The van der Waals surface area contributed by atoms with Crippen molar-refractivity contribution >= 4 is 6.08 Å². The molecule has 3 nitrogen and oxygen atoms in total. The molecular formula is C22H21NO2. The van der Waals surface area contributed by atoms with Gasteiger partial charge in [0.25, 0.3) is 0 Å². The predicted octanol–water partition coefficient (Wildman–Crippen LogP) is 5.37. The van der Waals surface area contributed by atoms with Crippen molar-refractivity contribution in [2.45, 2.75) is 13.5 Å². The lowest BCUT2D eigenvalue weighted by Crippen LogP contribution is -1.97. The molecule has 0 unspecified atom stereocenters. The number of ether oxygens (including phenoxy) is 2. The Morgan fingerprint density at radius 2 is 1.80 bits per heavy atom. The van der Waals surface area contributed by atoms with Crippen molar-refractivity contribution in [2.75, 3.05) is 6.61 Å². The summed E-state index contributed by atoms with van der Waals surface area (Å²) in [6.07, 6.45) is 3.63. The molecular weight excluding hydrogens is 310 g/mol. The number of benzene rings is 2. The molecule has 0 spiro atoms. The summed E-state index contributed by atoms with van der Waals surface area (Å²) in [5.74, 6) is 1.44. The molecule has 0 radical (unpaired) electrons. The minimum atomic E-state index is 0.508. The van der Waals surface area contributed by atoms with E-state index in [1.54, 1.807) is 0 Å². The maximum Gasteiger partial charge on any atom is 0.213 e. The second kappa shape index (κ2) is 8.15. The summed E-state index contributed by atoms with van der Waals surface area (Å²) >= 11 is 0. The van der Waals surface area contributed by atoms with Crippen molar-refractivity contribution in [3.63, 3.8) is 0 Å². The monoisotopic (exact) mass is 331 g/mol. The lowest BCUT2D eigenvalue weighted by atomic mass is 10.0. The molecule has 3 heteroatoms. The van der Waals surface area contributed by atoms with Crippen LogP contribution in [0.3, 0.4) is 0 Å². The molecule has 0 aliphatic heterocycles. The Balaban J connectivity index is 1.75. The first-order chi connectivity index (χ1) is 12.3. The summed E-state index contributed by atoms with van der Waals surface area (Å²) in [5, 5.41) is 0. The van der Waals surface area contributed by atoms with Gasteiger partial charge in [-0.2, -0.15) is 0 Å². The zero-order valence-electron chi connectivity index (χ0n) is 14.3. The number of hydrogen-bond donors (Lipinski definition) is 0. The summed E-state index contributed by atoms with van der Waals surface area (Å²) < 4.78 is 11.4. The molecule has 3 aromatic rings. The van der Waals surface area contributed by atoms with Gasteiger partial charge in [0, 0.05) is 17.8 Å². The van der Waals surface area contributed by atoms with Gasteiger partial charge in [-0.25, -0.2) is 4.98 Å². The number of nitrogens with zero attached hydrogens (tertiary/aromatic N) is 1. The van der Waals surface area contributed by atoms with Crippen LogP contribution >= 0.6 is 0 Å². The molecule has 0 N–H and O–H groups in total. The molecule has 1 aromatic heterocycles. The van der Waals surface area contributed by atoms with Crippen molar-refractivity contribution in [1.82, 2.24) is 4.98 Å². The van der Waals surface area contributed by atoms with E-state index in [1.165, 1.54) is 0 Å². The summed E-state index contributed by atoms with van der Waals surface area (Å²) in [4.78, 5) is 4.41. The van der Waals surface area contributed by atoms with Crippen LogP contribution in [0.15, 0.2) is 73.4 Å². The highest BCUT2D eigenvalue weighted by Gasteiger charge is 2.05. The highest BCUT2D eigenvalue weighted by molar-refractivity contribution is 5.69. The van der Waals surface area contributed by atoms with Gasteiger partial charge in [0.15, 0.2) is 0 Å². The second-order valence-electron chi connectivity index (χ2n) is 5.59. The fourth-order valence-corrected chi connectivity index (χ4v) is 2.52. The molecule has 0 fully saturated rings. The highest BCUT2D eigenvalue weighted by Crippen LogP contribution is 2.27. The molecule has 126 valence electrons. The Kier molecular flexibility index (Phi) is 5.47. The van der Waals surface area contributed by atoms with Crippen molar-refractivity contribution in [2.24, 2.45) is 0 Å². The molecule has 0 atom stereocenters. The molecule has 2 aromatic carbocycles. The third-order valence-corrected chi connectivity index (χ3v) is 3.77. The van der Waals surface area contributed by atoms with Gasteiger partial charge in [-0.3, -0.25) is 0 Å². The van der Waals surface area contributed by atoms with Crippen LogP contribution in [0.25, 0.3) is 17.2 Å². The first-order valence-corrected chi connectivity index (χ1v) is 8.32. The predicted molar refractivity (Wildman–Crippen MR) is 102 cm³/mol. The van der Waals surface area contributed by atoms with Crippen LogP contribution in [-0.4, -0.2) is 11.6 Å². The fourth-order valence-electron chi connectivity index (χ4n) is 2.52. The van der Waals surface area contributed by atoms with Gasteiger partial charge in [0.05, 0.1) is 6.61 Å². The third kappa shape index (κ3) is 4.48. The SMILES string of the molecule is C=Cc1cc(OCC)cc(-c2ccc(OCc3ccccc3)nc2)c1. The van der Waals surface area contributed by atoms with Crippen LogP contribution in [0.2, 0.25) is 0 Å². The van der Waals surface area contributed by atoms with E-state index < -0.39 is 0 Å². The van der Waals surface area contributed by atoms with Gasteiger partial charge in [-0.1, -0.05) is 43.0 Å². The number of rotatable bonds is 7. The van der Waals surface area contributed by atoms with E-state index in [2.05, 4.69) is 17.6 Å². The molecule has 1 heterocycles. The van der Waals surface area contributed by atoms with Crippen LogP contribution in [0.5, 0.6) is 11.6 Å². The smallest absolute Gasteiger partial charge is 0.213 e. The van der Waals surface area contributed by atoms with E-state index in [0.29, 0.717) is 19.1 Å². The summed E-state index contributed by atoms with van der Waals surface area (Å²) in [6, 6.07) is 20.0. The number of hydrogen-bond acceptors (Lipinski definition) is 3. The van der Waals surface area contributed by atoms with Crippen molar-refractivity contribution in [3.8, 4) is 22.8 Å². The second-order valence-corrected chi connectivity index (χ2v) is 5.59. The fraction of sp³-hybridized carbons (Fsp3) is 0.136. The zero-order valence-corrected chi connectivity index (χ0v) is 14.3. The van der Waals surface area contributed by atoms with Crippen molar-refractivity contribution in [1.29, 1.82) is 0 Å². The minimum absolute atomic E-state index is 0.508. The van der Waals surface area contributed by atoms with Crippen LogP contribution in [0.4, 0.5) is 0 Å². The number of aromatic nitrogens is 1. The molecule has 25 heavy (non-hydrogen) atoms. The Hall–Kier alpha value is -3.07. The van der Waals surface area contributed by atoms with E-state index in [4.69, 9.17) is 9.47 Å². The third-order valence-electron chi connectivity index (χ3n) is 3.77. The first kappa shape index (κ1) is 16.8. The summed E-state index contributed by atoms with van der Waals surface area (Å²) in [6.45, 7) is 6.95. The lowest BCUT2D eigenvalue weighted by molar-refractivity contribution is 0.294. The van der Waals surface area contributed by atoms with Crippen LogP contribution < -0.4 is 9.47 Å². The van der Waals surface area contributed by atoms with Gasteiger partial charge in [-0.05, 0) is 47.9 Å². The van der Waals surface area contributed by atoms with Gasteiger partial charge in [0.1, 0.15) is 12.4 Å².